The van der Waals surface area contributed by atoms with Crippen LogP contribution < -0.4 is 10.2 Å². The molecular weight excluding hydrogens is 246 g/mol. The number of hydrogen-bond donors (Lipinski definition) is 1. The second-order valence-corrected chi connectivity index (χ2v) is 5.55. The molecule has 1 aromatic heterocycles. The topological polar surface area (TPSA) is 28.2 Å². The van der Waals surface area contributed by atoms with Gasteiger partial charge in [0.25, 0.3) is 0 Å². The van der Waals surface area contributed by atoms with Crippen LogP contribution in [0.15, 0.2) is 42.7 Å². The van der Waals surface area contributed by atoms with Crippen LogP contribution in [0.4, 0.5) is 11.4 Å². The summed E-state index contributed by atoms with van der Waals surface area (Å²) in [4.78, 5) is 6.49. The molecule has 2 aromatic rings. The molecule has 0 bridgehead atoms. The van der Waals surface area contributed by atoms with E-state index in [9.17, 15) is 0 Å². The number of pyridine rings is 1. The summed E-state index contributed by atoms with van der Waals surface area (Å²) in [5.74, 6) is 0. The van der Waals surface area contributed by atoms with Crippen molar-refractivity contribution in [1.82, 2.24) is 10.3 Å². The van der Waals surface area contributed by atoms with E-state index >= 15 is 0 Å². The second kappa shape index (κ2) is 5.63. The molecule has 3 rings (SSSR count). The first-order chi connectivity index (χ1) is 9.74. The van der Waals surface area contributed by atoms with Crippen molar-refractivity contribution in [3.63, 3.8) is 0 Å². The minimum atomic E-state index is 0.723. The molecule has 1 saturated carbocycles. The van der Waals surface area contributed by atoms with Crippen molar-refractivity contribution in [2.24, 2.45) is 0 Å². The number of nitrogens with one attached hydrogen (secondary N) is 1. The molecule has 0 spiro atoms. The predicted molar refractivity (Wildman–Crippen MR) is 83.3 cm³/mol. The van der Waals surface area contributed by atoms with E-state index in [1.165, 1.54) is 35.3 Å². The lowest BCUT2D eigenvalue weighted by molar-refractivity contribution is 0.687. The van der Waals surface area contributed by atoms with Gasteiger partial charge in [0.15, 0.2) is 0 Å². The molecule has 0 amide bonds. The van der Waals surface area contributed by atoms with Gasteiger partial charge in [0.2, 0.25) is 0 Å². The Kier molecular flexibility index (Phi) is 3.70. The maximum Gasteiger partial charge on any atom is 0.0640 e. The lowest BCUT2D eigenvalue weighted by Gasteiger charge is -2.22. The smallest absolute Gasteiger partial charge is 0.0640 e. The van der Waals surface area contributed by atoms with E-state index in [0.717, 1.165) is 12.6 Å². The molecule has 1 heterocycles. The van der Waals surface area contributed by atoms with Gasteiger partial charge in [0.05, 0.1) is 11.9 Å². The number of aryl methyl sites for hydroxylation is 1. The van der Waals surface area contributed by atoms with Crippen molar-refractivity contribution in [3.05, 3.63) is 53.9 Å². The number of anilines is 2. The molecule has 20 heavy (non-hydrogen) atoms. The highest BCUT2D eigenvalue weighted by molar-refractivity contribution is 5.65. The Morgan fingerprint density at radius 1 is 1.20 bits per heavy atom. The van der Waals surface area contributed by atoms with E-state index in [2.05, 4.69) is 59.5 Å². The Balaban J connectivity index is 1.82. The summed E-state index contributed by atoms with van der Waals surface area (Å²) < 4.78 is 0. The standard InChI is InChI=1S/C17H21N3/c1-13-3-7-16(8-4-13)20(2)17-12-18-10-9-14(17)11-19-15-5-6-15/h3-4,7-10,12,15,19H,5-6,11H2,1-2H3. The summed E-state index contributed by atoms with van der Waals surface area (Å²) in [7, 11) is 2.10. The Morgan fingerprint density at radius 2 is 1.95 bits per heavy atom. The molecule has 3 nitrogen and oxygen atoms in total. The maximum absolute atomic E-state index is 4.28. The molecule has 0 aliphatic heterocycles. The summed E-state index contributed by atoms with van der Waals surface area (Å²) in [5.41, 5.74) is 4.94. The van der Waals surface area contributed by atoms with Gasteiger partial charge in [-0.15, -0.1) is 0 Å². The van der Waals surface area contributed by atoms with Crippen molar-refractivity contribution in [2.45, 2.75) is 32.4 Å². The van der Waals surface area contributed by atoms with Crippen LogP contribution in [0.2, 0.25) is 0 Å². The Morgan fingerprint density at radius 3 is 2.65 bits per heavy atom. The van der Waals surface area contributed by atoms with E-state index in [-0.39, 0.29) is 0 Å². The van der Waals surface area contributed by atoms with Gasteiger partial charge < -0.3 is 10.2 Å². The number of hydrogen-bond acceptors (Lipinski definition) is 3. The fourth-order valence-electron chi connectivity index (χ4n) is 2.32. The van der Waals surface area contributed by atoms with Crippen LogP contribution in [0.1, 0.15) is 24.0 Å². The average molecular weight is 267 g/mol. The van der Waals surface area contributed by atoms with Crippen molar-refractivity contribution in [3.8, 4) is 0 Å². The number of rotatable bonds is 5. The molecule has 1 aliphatic carbocycles. The molecule has 0 unspecified atom stereocenters. The Hall–Kier alpha value is -1.87. The second-order valence-electron chi connectivity index (χ2n) is 5.55. The van der Waals surface area contributed by atoms with Crippen LogP contribution in [0, 0.1) is 6.92 Å². The summed E-state index contributed by atoms with van der Waals surface area (Å²) in [6.07, 6.45) is 6.45. The molecular formula is C17H21N3. The van der Waals surface area contributed by atoms with E-state index in [1.807, 2.05) is 12.4 Å². The number of benzene rings is 1. The SMILES string of the molecule is Cc1ccc(N(C)c2cnccc2CNC2CC2)cc1. The van der Waals surface area contributed by atoms with Gasteiger partial charge in [0.1, 0.15) is 0 Å². The first-order valence-electron chi connectivity index (χ1n) is 7.21. The van der Waals surface area contributed by atoms with Crippen LogP contribution in [0.3, 0.4) is 0 Å². The minimum Gasteiger partial charge on any atom is -0.343 e. The zero-order valence-electron chi connectivity index (χ0n) is 12.1. The molecule has 3 heteroatoms. The largest absolute Gasteiger partial charge is 0.343 e. The van der Waals surface area contributed by atoms with E-state index < -0.39 is 0 Å². The van der Waals surface area contributed by atoms with Gasteiger partial charge in [-0.1, -0.05) is 17.7 Å². The van der Waals surface area contributed by atoms with Crippen LogP contribution in [0.5, 0.6) is 0 Å². The van der Waals surface area contributed by atoms with Crippen LogP contribution in [-0.2, 0) is 6.54 Å². The van der Waals surface area contributed by atoms with Gasteiger partial charge in [-0.3, -0.25) is 4.98 Å². The molecule has 1 aliphatic rings. The van der Waals surface area contributed by atoms with Crippen molar-refractivity contribution >= 4 is 11.4 Å². The molecule has 0 radical (unpaired) electrons. The summed E-state index contributed by atoms with van der Waals surface area (Å²) in [5, 5.41) is 3.57. The summed E-state index contributed by atoms with van der Waals surface area (Å²) in [6, 6.07) is 11.4. The highest BCUT2D eigenvalue weighted by Crippen LogP contribution is 2.27. The summed E-state index contributed by atoms with van der Waals surface area (Å²) >= 11 is 0. The zero-order valence-corrected chi connectivity index (χ0v) is 12.1. The number of aromatic nitrogens is 1. The third-order valence-corrected chi connectivity index (χ3v) is 3.83. The van der Waals surface area contributed by atoms with Crippen molar-refractivity contribution in [2.75, 3.05) is 11.9 Å². The van der Waals surface area contributed by atoms with Crippen LogP contribution in [-0.4, -0.2) is 18.1 Å². The lowest BCUT2D eigenvalue weighted by Crippen LogP contribution is -2.19. The summed E-state index contributed by atoms with van der Waals surface area (Å²) in [6.45, 7) is 3.03. The molecule has 0 atom stereocenters. The lowest BCUT2D eigenvalue weighted by atomic mass is 10.1. The van der Waals surface area contributed by atoms with Gasteiger partial charge in [-0.05, 0) is 43.5 Å². The zero-order chi connectivity index (χ0) is 13.9. The van der Waals surface area contributed by atoms with Gasteiger partial charge in [-0.25, -0.2) is 0 Å². The molecule has 1 fully saturated rings. The minimum absolute atomic E-state index is 0.723. The van der Waals surface area contributed by atoms with E-state index in [4.69, 9.17) is 0 Å². The molecule has 1 aromatic carbocycles. The van der Waals surface area contributed by atoms with Crippen LogP contribution >= 0.6 is 0 Å². The molecule has 0 saturated heterocycles. The highest BCUT2D eigenvalue weighted by Gasteiger charge is 2.20. The van der Waals surface area contributed by atoms with Crippen molar-refractivity contribution < 1.29 is 0 Å². The third-order valence-electron chi connectivity index (χ3n) is 3.83. The fraction of sp³-hybridized carbons (Fsp3) is 0.353. The normalized spacial score (nSPS) is 14.3. The van der Waals surface area contributed by atoms with Gasteiger partial charge in [0, 0.05) is 31.5 Å². The maximum atomic E-state index is 4.28. The van der Waals surface area contributed by atoms with Gasteiger partial charge in [-0.2, -0.15) is 0 Å². The molecule has 1 N–H and O–H groups in total. The molecule has 104 valence electrons. The fourth-order valence-corrected chi connectivity index (χ4v) is 2.32. The Labute approximate surface area is 120 Å². The third kappa shape index (κ3) is 2.99. The Bertz CT molecular complexity index is 573. The van der Waals surface area contributed by atoms with E-state index in [0.29, 0.717) is 0 Å². The van der Waals surface area contributed by atoms with Crippen molar-refractivity contribution in [1.29, 1.82) is 0 Å². The quantitative estimate of drug-likeness (QED) is 0.900. The highest BCUT2D eigenvalue weighted by atomic mass is 15.1. The number of nitrogens with zero attached hydrogens (tertiary/aromatic N) is 2. The predicted octanol–water partition coefficient (Wildman–Crippen LogP) is 3.41. The van der Waals surface area contributed by atoms with Gasteiger partial charge >= 0.3 is 0 Å². The average Bonchev–Trinajstić information content (AvgIpc) is 3.30. The monoisotopic (exact) mass is 267 g/mol. The first kappa shape index (κ1) is 13.1. The first-order valence-corrected chi connectivity index (χ1v) is 7.21. The van der Waals surface area contributed by atoms with E-state index in [1.54, 1.807) is 0 Å². The van der Waals surface area contributed by atoms with Crippen LogP contribution in [0.25, 0.3) is 0 Å².